The van der Waals surface area contributed by atoms with Gasteiger partial charge in [-0.25, -0.2) is 9.37 Å². The van der Waals surface area contributed by atoms with Crippen molar-refractivity contribution in [2.24, 2.45) is 5.92 Å². The molecule has 0 saturated heterocycles. The van der Waals surface area contributed by atoms with E-state index in [1.807, 2.05) is 0 Å². The molecule has 0 aliphatic carbocycles. The molecule has 0 bridgehead atoms. The normalized spacial score (nSPS) is 16.8. The van der Waals surface area contributed by atoms with Crippen molar-refractivity contribution < 1.29 is 18.8 Å². The third kappa shape index (κ3) is 5.15. The van der Waals surface area contributed by atoms with Crippen LogP contribution in [0.4, 0.5) is 15.9 Å². The molecule has 0 saturated carbocycles. The summed E-state index contributed by atoms with van der Waals surface area (Å²) in [6.07, 6.45) is 1.72. The number of likely N-dealkylation sites (N-methyl/N-ethyl adjacent to an activating group) is 1. The molecule has 1 aliphatic heterocycles. The van der Waals surface area contributed by atoms with Gasteiger partial charge in [-0.2, -0.15) is 0 Å². The number of nitrogens with zero attached hydrogens (tertiary/aromatic N) is 2. The second kappa shape index (κ2) is 10.3. The summed E-state index contributed by atoms with van der Waals surface area (Å²) in [7, 11) is 1.64. The Morgan fingerprint density at radius 2 is 1.91 bits per heavy atom. The summed E-state index contributed by atoms with van der Waals surface area (Å²) in [5.74, 6) is -2.03. The Morgan fingerprint density at radius 1 is 1.18 bits per heavy atom. The first-order valence-corrected chi connectivity index (χ1v) is 11.0. The molecule has 3 unspecified atom stereocenters. The number of hydrogen-bond donors (Lipinski definition) is 3. The smallest absolute Gasteiger partial charge is 0.251 e. The Morgan fingerprint density at radius 3 is 2.55 bits per heavy atom. The summed E-state index contributed by atoms with van der Waals surface area (Å²) in [5.41, 5.74) is 0.542. The molecule has 176 valence electrons. The van der Waals surface area contributed by atoms with E-state index in [1.54, 1.807) is 40.0 Å². The van der Waals surface area contributed by atoms with Gasteiger partial charge in [0.05, 0.1) is 16.8 Å². The number of rotatable bonds is 7. The van der Waals surface area contributed by atoms with Gasteiger partial charge in [-0.1, -0.05) is 37.6 Å². The average molecular weight is 476 g/mol. The molecular weight excluding hydrogens is 449 g/mol. The maximum Gasteiger partial charge on any atom is 0.251 e. The van der Waals surface area contributed by atoms with E-state index < -0.39 is 35.8 Å². The number of anilines is 2. The molecule has 33 heavy (non-hydrogen) atoms. The van der Waals surface area contributed by atoms with Crippen molar-refractivity contribution in [1.29, 1.82) is 0 Å². The topological polar surface area (TPSA) is 103 Å². The molecule has 10 heteroatoms. The van der Waals surface area contributed by atoms with E-state index in [1.165, 1.54) is 29.3 Å². The fourth-order valence-corrected chi connectivity index (χ4v) is 3.83. The lowest BCUT2D eigenvalue weighted by Gasteiger charge is -2.31. The fraction of sp³-hybridized carbons (Fsp3) is 0.391. The van der Waals surface area contributed by atoms with Gasteiger partial charge in [0.25, 0.3) is 5.91 Å². The Balaban J connectivity index is 1.94. The number of carbonyl (C=O) groups is 3. The third-order valence-electron chi connectivity index (χ3n) is 5.63. The molecule has 1 aromatic carbocycles. The summed E-state index contributed by atoms with van der Waals surface area (Å²) < 4.78 is 14.3. The average Bonchev–Trinajstić information content (AvgIpc) is 3.18. The highest BCUT2D eigenvalue weighted by molar-refractivity contribution is 6.33. The van der Waals surface area contributed by atoms with Crippen LogP contribution in [0.5, 0.6) is 0 Å². The Hall–Kier alpha value is -3.04. The summed E-state index contributed by atoms with van der Waals surface area (Å²) in [5, 5.41) is 8.16. The van der Waals surface area contributed by atoms with Crippen LogP contribution in [0.25, 0.3) is 0 Å². The number of nitrogens with one attached hydrogen (secondary N) is 3. The zero-order chi connectivity index (χ0) is 24.3. The van der Waals surface area contributed by atoms with E-state index in [0.717, 1.165) is 0 Å². The zero-order valence-corrected chi connectivity index (χ0v) is 19.6. The van der Waals surface area contributed by atoms with Crippen LogP contribution >= 0.6 is 11.6 Å². The molecule has 0 fully saturated rings. The number of carbonyl (C=O) groups excluding carboxylic acids is 3. The van der Waals surface area contributed by atoms with E-state index >= 15 is 0 Å². The first-order chi connectivity index (χ1) is 15.6. The first-order valence-electron chi connectivity index (χ1n) is 10.6. The Bertz CT molecular complexity index is 1040. The molecular formula is C23H27ClFN5O3. The van der Waals surface area contributed by atoms with Crippen molar-refractivity contribution in [2.75, 3.05) is 17.3 Å². The summed E-state index contributed by atoms with van der Waals surface area (Å²) in [6, 6.07) is 5.17. The molecule has 1 aliphatic rings. The number of pyridine rings is 1. The maximum atomic E-state index is 14.3. The van der Waals surface area contributed by atoms with Crippen LogP contribution in [0.15, 0.2) is 36.5 Å². The number of benzene rings is 1. The lowest BCUT2D eigenvalue weighted by Crippen LogP contribution is -2.57. The number of amides is 3. The number of para-hydroxylation sites is 1. The second-order valence-corrected chi connectivity index (χ2v) is 8.65. The highest BCUT2D eigenvalue weighted by Crippen LogP contribution is 2.33. The van der Waals surface area contributed by atoms with E-state index in [2.05, 4.69) is 20.9 Å². The predicted octanol–water partition coefficient (Wildman–Crippen LogP) is 2.52. The molecule has 3 N–H and O–H groups in total. The van der Waals surface area contributed by atoms with Gasteiger partial charge < -0.3 is 16.0 Å². The second-order valence-electron chi connectivity index (χ2n) is 8.24. The molecule has 3 rings (SSSR count). The molecule has 0 radical (unpaired) electrons. The molecule has 8 nitrogen and oxygen atoms in total. The van der Waals surface area contributed by atoms with Gasteiger partial charge in [-0.3, -0.25) is 19.3 Å². The van der Waals surface area contributed by atoms with Gasteiger partial charge in [0, 0.05) is 12.6 Å². The first kappa shape index (κ1) is 24.6. The van der Waals surface area contributed by atoms with E-state index in [4.69, 9.17) is 11.6 Å². The van der Waals surface area contributed by atoms with E-state index in [9.17, 15) is 18.8 Å². The SMILES string of the molecule is CNC(C)C(=O)NC(C(=O)N1c2ncccc2CC1C(=O)Nc1c(F)cccc1Cl)C(C)C. The van der Waals surface area contributed by atoms with Crippen molar-refractivity contribution in [3.63, 3.8) is 0 Å². The summed E-state index contributed by atoms with van der Waals surface area (Å²) in [4.78, 5) is 45.0. The van der Waals surface area contributed by atoms with Gasteiger partial charge >= 0.3 is 0 Å². The van der Waals surface area contributed by atoms with Crippen molar-refractivity contribution in [3.05, 3.63) is 52.9 Å². The van der Waals surface area contributed by atoms with Crippen LogP contribution in [0.3, 0.4) is 0 Å². The minimum Gasteiger partial charge on any atom is -0.343 e. The van der Waals surface area contributed by atoms with Gasteiger partial charge in [0.1, 0.15) is 23.7 Å². The highest BCUT2D eigenvalue weighted by atomic mass is 35.5. The lowest BCUT2D eigenvalue weighted by molar-refractivity contribution is -0.130. The van der Waals surface area contributed by atoms with Crippen LogP contribution < -0.4 is 20.9 Å². The number of hydrogen-bond acceptors (Lipinski definition) is 5. The van der Waals surface area contributed by atoms with Crippen LogP contribution in [0, 0.1) is 11.7 Å². The van der Waals surface area contributed by atoms with E-state index in [-0.39, 0.29) is 29.0 Å². The molecule has 0 spiro atoms. The number of halogens is 2. The predicted molar refractivity (Wildman–Crippen MR) is 125 cm³/mol. The Labute approximate surface area is 196 Å². The lowest BCUT2D eigenvalue weighted by atomic mass is 10.0. The van der Waals surface area contributed by atoms with Gasteiger partial charge in [-0.15, -0.1) is 0 Å². The minimum absolute atomic E-state index is 0.0447. The fourth-order valence-electron chi connectivity index (χ4n) is 3.62. The van der Waals surface area contributed by atoms with E-state index in [0.29, 0.717) is 11.4 Å². The zero-order valence-electron chi connectivity index (χ0n) is 18.9. The third-order valence-corrected chi connectivity index (χ3v) is 5.94. The van der Waals surface area contributed by atoms with Crippen LogP contribution in [0.1, 0.15) is 26.3 Å². The minimum atomic E-state index is -0.988. The Kier molecular flexibility index (Phi) is 7.65. The van der Waals surface area contributed by atoms with Gasteiger partial charge in [0.15, 0.2) is 0 Å². The standard InChI is InChI=1S/C23H27ClFN5O3/c1-12(2)18(28-21(31)13(3)26-4)23(33)30-17(11-14-7-6-10-27-20(14)30)22(32)29-19-15(24)8-5-9-16(19)25/h5-10,12-13,17-18,26H,11H2,1-4H3,(H,28,31)(H,29,32). The highest BCUT2D eigenvalue weighted by Gasteiger charge is 2.43. The quantitative estimate of drug-likeness (QED) is 0.571. The van der Waals surface area contributed by atoms with Crippen molar-refractivity contribution in [3.8, 4) is 0 Å². The van der Waals surface area contributed by atoms with Crippen LogP contribution in [0.2, 0.25) is 5.02 Å². The maximum absolute atomic E-state index is 14.3. The molecule has 3 atom stereocenters. The molecule has 2 aromatic rings. The monoisotopic (exact) mass is 475 g/mol. The van der Waals surface area contributed by atoms with Gasteiger partial charge in [0.2, 0.25) is 11.8 Å². The van der Waals surface area contributed by atoms with Crippen molar-refractivity contribution >= 4 is 40.8 Å². The largest absolute Gasteiger partial charge is 0.343 e. The molecule has 1 aromatic heterocycles. The summed E-state index contributed by atoms with van der Waals surface area (Å²) in [6.45, 7) is 5.28. The van der Waals surface area contributed by atoms with Crippen LogP contribution in [-0.2, 0) is 20.8 Å². The number of fused-ring (bicyclic) bond motifs is 1. The molecule has 2 heterocycles. The number of aromatic nitrogens is 1. The summed E-state index contributed by atoms with van der Waals surface area (Å²) >= 11 is 6.06. The van der Waals surface area contributed by atoms with Crippen molar-refractivity contribution in [1.82, 2.24) is 15.6 Å². The van der Waals surface area contributed by atoms with Gasteiger partial charge in [-0.05, 0) is 43.7 Å². The molecule has 3 amide bonds. The van der Waals surface area contributed by atoms with Crippen LogP contribution in [-0.4, -0.2) is 47.9 Å². The van der Waals surface area contributed by atoms with Crippen molar-refractivity contribution in [2.45, 2.75) is 45.3 Å².